The van der Waals surface area contributed by atoms with Crippen molar-refractivity contribution in [3.8, 4) is 0 Å². The van der Waals surface area contributed by atoms with Crippen LogP contribution >= 0.6 is 0 Å². The third-order valence-corrected chi connectivity index (χ3v) is 5.11. The van der Waals surface area contributed by atoms with E-state index in [-0.39, 0.29) is 24.3 Å². The summed E-state index contributed by atoms with van der Waals surface area (Å²) < 4.78 is 5.60. The van der Waals surface area contributed by atoms with E-state index >= 15 is 0 Å². The van der Waals surface area contributed by atoms with Crippen molar-refractivity contribution in [1.82, 2.24) is 4.90 Å². The summed E-state index contributed by atoms with van der Waals surface area (Å²) in [5.74, 6) is -0.0923. The second-order valence-electron chi connectivity index (χ2n) is 7.07. The Bertz CT molecular complexity index is 638. The Labute approximate surface area is 162 Å². The van der Waals surface area contributed by atoms with E-state index in [2.05, 4.69) is 30.1 Å². The van der Waals surface area contributed by atoms with Crippen LogP contribution in [0.2, 0.25) is 0 Å². The Balaban J connectivity index is 1.89. The predicted octanol–water partition coefficient (Wildman–Crippen LogP) is 3.20. The predicted molar refractivity (Wildman–Crippen MR) is 109 cm³/mol. The number of nitrogens with one attached hydrogen (secondary N) is 1. The molecule has 2 rings (SSSR count). The minimum Gasteiger partial charge on any atom is -0.376 e. The topological polar surface area (TPSA) is 61.9 Å². The first-order valence-electron chi connectivity index (χ1n) is 9.97. The lowest BCUT2D eigenvalue weighted by atomic mass is 10.1. The molecule has 1 aromatic rings. The average Bonchev–Trinajstić information content (AvgIpc) is 3.14. The van der Waals surface area contributed by atoms with E-state index in [1.807, 2.05) is 19.1 Å². The highest BCUT2D eigenvalue weighted by molar-refractivity contribution is 5.92. The first-order valence-corrected chi connectivity index (χ1v) is 9.97. The molecular weight excluding hydrogens is 342 g/mol. The molecule has 0 saturated carbocycles. The largest absolute Gasteiger partial charge is 0.376 e. The van der Waals surface area contributed by atoms with Gasteiger partial charge in [0, 0.05) is 57.5 Å². The van der Waals surface area contributed by atoms with Gasteiger partial charge in [-0.05, 0) is 57.4 Å². The Morgan fingerprint density at radius 1 is 1.26 bits per heavy atom. The second kappa shape index (κ2) is 10.3. The zero-order valence-electron chi connectivity index (χ0n) is 17.1. The number of benzene rings is 1. The summed E-state index contributed by atoms with van der Waals surface area (Å²) in [5, 5.41) is 2.97. The lowest BCUT2D eigenvalue weighted by Gasteiger charge is -2.24. The maximum Gasteiger partial charge on any atom is 0.226 e. The smallest absolute Gasteiger partial charge is 0.226 e. The molecule has 1 atom stereocenters. The highest BCUT2D eigenvalue weighted by Gasteiger charge is 2.21. The van der Waals surface area contributed by atoms with E-state index in [9.17, 15) is 9.59 Å². The van der Waals surface area contributed by atoms with Gasteiger partial charge < -0.3 is 19.9 Å². The van der Waals surface area contributed by atoms with E-state index in [1.54, 1.807) is 11.8 Å². The molecule has 27 heavy (non-hydrogen) atoms. The summed E-state index contributed by atoms with van der Waals surface area (Å²) in [4.78, 5) is 28.2. The van der Waals surface area contributed by atoms with Crippen molar-refractivity contribution < 1.29 is 14.3 Å². The molecule has 1 aliphatic rings. The first-order chi connectivity index (χ1) is 12.9. The molecule has 0 radical (unpaired) electrons. The fourth-order valence-corrected chi connectivity index (χ4v) is 3.43. The van der Waals surface area contributed by atoms with Crippen LogP contribution in [0.1, 0.15) is 45.6 Å². The van der Waals surface area contributed by atoms with Gasteiger partial charge in [-0.2, -0.15) is 0 Å². The Hall–Kier alpha value is -2.08. The molecule has 0 spiro atoms. The molecule has 1 aliphatic heterocycles. The highest BCUT2D eigenvalue weighted by atomic mass is 16.5. The van der Waals surface area contributed by atoms with Crippen molar-refractivity contribution in [2.45, 2.75) is 53.1 Å². The first kappa shape index (κ1) is 21.2. The number of hydrogen-bond acceptors (Lipinski definition) is 4. The second-order valence-corrected chi connectivity index (χ2v) is 7.07. The van der Waals surface area contributed by atoms with Gasteiger partial charge in [0.25, 0.3) is 0 Å². The van der Waals surface area contributed by atoms with E-state index < -0.39 is 0 Å². The molecular formula is C21H33N3O3. The molecule has 6 heteroatoms. The lowest BCUT2D eigenvalue weighted by Crippen LogP contribution is -2.37. The third-order valence-electron chi connectivity index (χ3n) is 5.11. The summed E-state index contributed by atoms with van der Waals surface area (Å²) in [6.07, 6.45) is 2.41. The zero-order chi connectivity index (χ0) is 19.8. The Morgan fingerprint density at radius 3 is 2.56 bits per heavy atom. The van der Waals surface area contributed by atoms with Crippen LogP contribution in [0.15, 0.2) is 18.2 Å². The number of anilines is 2. The van der Waals surface area contributed by atoms with E-state index in [0.29, 0.717) is 13.1 Å². The van der Waals surface area contributed by atoms with Gasteiger partial charge in [0.05, 0.1) is 6.10 Å². The lowest BCUT2D eigenvalue weighted by molar-refractivity contribution is -0.130. The van der Waals surface area contributed by atoms with Gasteiger partial charge >= 0.3 is 0 Å². The minimum absolute atomic E-state index is 0.0157. The summed E-state index contributed by atoms with van der Waals surface area (Å²) in [5.41, 5.74) is 3.02. The summed E-state index contributed by atoms with van der Waals surface area (Å²) in [7, 11) is 0. The summed E-state index contributed by atoms with van der Waals surface area (Å²) in [6.45, 7) is 11.5. The summed E-state index contributed by atoms with van der Waals surface area (Å²) >= 11 is 0. The number of aryl methyl sites for hydroxylation is 1. The number of carbonyl (C=O) groups excluding carboxylic acids is 2. The fourth-order valence-electron chi connectivity index (χ4n) is 3.43. The molecule has 0 bridgehead atoms. The van der Waals surface area contributed by atoms with Crippen LogP contribution < -0.4 is 10.2 Å². The van der Waals surface area contributed by atoms with Crippen molar-refractivity contribution in [3.63, 3.8) is 0 Å². The molecule has 1 heterocycles. The number of hydrogen-bond donors (Lipinski definition) is 1. The molecule has 1 unspecified atom stereocenters. The van der Waals surface area contributed by atoms with Crippen LogP contribution in [0.4, 0.5) is 11.4 Å². The maximum absolute atomic E-state index is 12.4. The molecule has 1 N–H and O–H groups in total. The zero-order valence-corrected chi connectivity index (χ0v) is 17.1. The van der Waals surface area contributed by atoms with Gasteiger partial charge in [0.1, 0.15) is 0 Å². The number of nitrogens with zero attached hydrogens (tertiary/aromatic N) is 2. The molecule has 0 aliphatic carbocycles. The van der Waals surface area contributed by atoms with Gasteiger partial charge in [-0.3, -0.25) is 9.59 Å². The SMILES string of the molecule is CCN(CC)c1ccc(NC(=O)CCN(CC2CCCO2)C(C)=O)c(C)c1. The standard InChI is InChI=1S/C21H33N3O3/c1-5-23(6-2)18-9-10-20(16(3)14-18)22-21(26)11-12-24(17(4)25)15-19-8-7-13-27-19/h9-10,14,19H,5-8,11-13,15H2,1-4H3,(H,22,26). The van der Waals surface area contributed by atoms with Gasteiger partial charge in [-0.25, -0.2) is 0 Å². The molecule has 1 aromatic carbocycles. The van der Waals surface area contributed by atoms with Crippen LogP contribution in [-0.4, -0.2) is 55.6 Å². The quantitative estimate of drug-likeness (QED) is 0.720. The monoisotopic (exact) mass is 375 g/mol. The fraction of sp³-hybridized carbons (Fsp3) is 0.619. The number of rotatable bonds is 9. The van der Waals surface area contributed by atoms with E-state index in [0.717, 1.165) is 49.5 Å². The van der Waals surface area contributed by atoms with Crippen LogP contribution in [0, 0.1) is 6.92 Å². The molecule has 150 valence electrons. The summed E-state index contributed by atoms with van der Waals surface area (Å²) in [6, 6.07) is 6.09. The number of ether oxygens (including phenoxy) is 1. The van der Waals surface area contributed by atoms with Gasteiger partial charge in [0.2, 0.25) is 11.8 Å². The third kappa shape index (κ3) is 6.24. The Kier molecular flexibility index (Phi) is 8.10. The van der Waals surface area contributed by atoms with Crippen molar-refractivity contribution in [2.24, 2.45) is 0 Å². The van der Waals surface area contributed by atoms with Crippen molar-refractivity contribution in [1.29, 1.82) is 0 Å². The number of amides is 2. The van der Waals surface area contributed by atoms with Gasteiger partial charge in [-0.15, -0.1) is 0 Å². The van der Waals surface area contributed by atoms with Crippen LogP contribution in [0.5, 0.6) is 0 Å². The minimum atomic E-state index is -0.0766. The van der Waals surface area contributed by atoms with Gasteiger partial charge in [0.15, 0.2) is 0 Å². The van der Waals surface area contributed by atoms with Crippen LogP contribution in [-0.2, 0) is 14.3 Å². The normalized spacial score (nSPS) is 16.2. The molecule has 6 nitrogen and oxygen atoms in total. The van der Waals surface area contributed by atoms with Gasteiger partial charge in [-0.1, -0.05) is 0 Å². The molecule has 1 fully saturated rings. The molecule has 0 aromatic heterocycles. The Morgan fingerprint density at radius 2 is 2.00 bits per heavy atom. The highest BCUT2D eigenvalue weighted by Crippen LogP contribution is 2.23. The number of carbonyl (C=O) groups is 2. The average molecular weight is 376 g/mol. The van der Waals surface area contributed by atoms with E-state index in [1.165, 1.54) is 0 Å². The van der Waals surface area contributed by atoms with Crippen molar-refractivity contribution in [2.75, 3.05) is 43.0 Å². The van der Waals surface area contributed by atoms with Crippen LogP contribution in [0.25, 0.3) is 0 Å². The molecule has 2 amide bonds. The van der Waals surface area contributed by atoms with E-state index in [4.69, 9.17) is 4.74 Å². The van der Waals surface area contributed by atoms with Crippen molar-refractivity contribution in [3.05, 3.63) is 23.8 Å². The van der Waals surface area contributed by atoms with Crippen molar-refractivity contribution >= 4 is 23.2 Å². The van der Waals surface area contributed by atoms with Crippen LogP contribution in [0.3, 0.4) is 0 Å². The maximum atomic E-state index is 12.4. The molecule has 1 saturated heterocycles.